The molecule has 0 spiro atoms. The molecule has 112 valence electrons. The molecule has 0 radical (unpaired) electrons. The van der Waals surface area contributed by atoms with Crippen LogP contribution < -0.4 is 5.73 Å². The number of rotatable bonds is 3. The number of hydrogen-bond acceptors (Lipinski definition) is 3. The summed E-state index contributed by atoms with van der Waals surface area (Å²) in [7, 11) is 0. The molecule has 3 rings (SSSR count). The van der Waals surface area contributed by atoms with Crippen LogP contribution in [0.4, 0.5) is 0 Å². The van der Waals surface area contributed by atoms with E-state index in [2.05, 4.69) is 52.0 Å². The molecule has 0 bridgehead atoms. The minimum absolute atomic E-state index is 0.170. The lowest BCUT2D eigenvalue weighted by Crippen LogP contribution is -2.34. The molecule has 0 aliphatic heterocycles. The van der Waals surface area contributed by atoms with Crippen LogP contribution in [0.2, 0.25) is 0 Å². The van der Waals surface area contributed by atoms with E-state index >= 15 is 0 Å². The van der Waals surface area contributed by atoms with Crippen molar-refractivity contribution in [2.24, 2.45) is 5.73 Å². The van der Waals surface area contributed by atoms with Crippen LogP contribution in [-0.4, -0.2) is 4.98 Å². The lowest BCUT2D eigenvalue weighted by molar-refractivity contribution is 0.411. The smallest absolute Gasteiger partial charge is 0.113 e. The van der Waals surface area contributed by atoms with E-state index in [1.807, 2.05) is 11.3 Å². The van der Waals surface area contributed by atoms with Gasteiger partial charge in [-0.15, -0.1) is 11.3 Å². The number of fused-ring (bicyclic) bond motifs is 3. The van der Waals surface area contributed by atoms with E-state index in [0.29, 0.717) is 0 Å². The maximum Gasteiger partial charge on any atom is 0.113 e. The number of benzene rings is 1. The van der Waals surface area contributed by atoms with Gasteiger partial charge in [-0.3, -0.25) is 0 Å². The van der Waals surface area contributed by atoms with Gasteiger partial charge in [-0.05, 0) is 30.2 Å². The van der Waals surface area contributed by atoms with Crippen LogP contribution in [-0.2, 0) is 17.4 Å². The average Bonchev–Trinajstić information content (AvgIpc) is 2.90. The first-order valence-corrected chi connectivity index (χ1v) is 8.62. The molecule has 1 aliphatic rings. The van der Waals surface area contributed by atoms with Crippen molar-refractivity contribution in [3.05, 3.63) is 39.7 Å². The molecular formula is C18H24N2S. The summed E-state index contributed by atoms with van der Waals surface area (Å²) in [4.78, 5) is 6.36. The summed E-state index contributed by atoms with van der Waals surface area (Å²) in [5.41, 5.74) is 10.3. The second-order valence-electron chi connectivity index (χ2n) is 6.76. The predicted octanol–water partition coefficient (Wildman–Crippen LogP) is 4.62. The third-order valence-corrected chi connectivity index (χ3v) is 6.17. The second kappa shape index (κ2) is 4.92. The van der Waals surface area contributed by atoms with Crippen molar-refractivity contribution >= 4 is 11.3 Å². The van der Waals surface area contributed by atoms with Crippen molar-refractivity contribution < 1.29 is 0 Å². The molecule has 21 heavy (non-hydrogen) atoms. The van der Waals surface area contributed by atoms with E-state index < -0.39 is 0 Å². The van der Waals surface area contributed by atoms with Crippen LogP contribution in [0.3, 0.4) is 0 Å². The van der Waals surface area contributed by atoms with E-state index in [9.17, 15) is 0 Å². The first kappa shape index (κ1) is 14.7. The number of nitrogens with two attached hydrogens (primary N) is 1. The van der Waals surface area contributed by atoms with Crippen LogP contribution >= 0.6 is 11.3 Å². The largest absolute Gasteiger partial charge is 0.319 e. The number of nitrogens with zero attached hydrogens (tertiary/aromatic N) is 1. The molecule has 0 fully saturated rings. The zero-order chi connectivity index (χ0) is 15.3. The molecule has 2 aromatic rings. The van der Waals surface area contributed by atoms with Crippen LogP contribution in [0, 0.1) is 0 Å². The summed E-state index contributed by atoms with van der Waals surface area (Å²) in [6, 6.07) is 8.68. The van der Waals surface area contributed by atoms with Crippen molar-refractivity contribution in [2.75, 3.05) is 0 Å². The SMILES string of the molecule is CCC(N)(CC)c1nc2c(s1)CC(C)(C)c1ccccc1-2. The van der Waals surface area contributed by atoms with Gasteiger partial charge >= 0.3 is 0 Å². The Morgan fingerprint density at radius 2 is 1.90 bits per heavy atom. The molecule has 0 atom stereocenters. The Bertz CT molecular complexity index is 666. The Labute approximate surface area is 131 Å². The molecule has 3 heteroatoms. The normalized spacial score (nSPS) is 16.4. The van der Waals surface area contributed by atoms with Gasteiger partial charge in [-0.2, -0.15) is 0 Å². The van der Waals surface area contributed by atoms with E-state index in [-0.39, 0.29) is 11.0 Å². The van der Waals surface area contributed by atoms with E-state index in [1.165, 1.54) is 21.7 Å². The highest BCUT2D eigenvalue weighted by Crippen LogP contribution is 2.46. The minimum atomic E-state index is -0.277. The fourth-order valence-corrected chi connectivity index (χ4v) is 4.77. The van der Waals surface area contributed by atoms with Gasteiger partial charge in [-0.1, -0.05) is 52.0 Å². The molecule has 0 unspecified atom stereocenters. The first-order valence-electron chi connectivity index (χ1n) is 7.80. The molecule has 0 saturated heterocycles. The highest BCUT2D eigenvalue weighted by atomic mass is 32.1. The molecule has 2 nitrogen and oxygen atoms in total. The molecule has 0 saturated carbocycles. The summed E-state index contributed by atoms with van der Waals surface area (Å²) in [6.45, 7) is 8.95. The predicted molar refractivity (Wildman–Crippen MR) is 90.7 cm³/mol. The van der Waals surface area contributed by atoms with Gasteiger partial charge in [0.15, 0.2) is 0 Å². The van der Waals surface area contributed by atoms with E-state index in [0.717, 1.165) is 24.3 Å². The summed E-state index contributed by atoms with van der Waals surface area (Å²) in [5.74, 6) is 0. The lowest BCUT2D eigenvalue weighted by atomic mass is 9.74. The topological polar surface area (TPSA) is 38.9 Å². The highest BCUT2D eigenvalue weighted by molar-refractivity contribution is 7.12. The van der Waals surface area contributed by atoms with E-state index in [4.69, 9.17) is 10.7 Å². The summed E-state index contributed by atoms with van der Waals surface area (Å²) < 4.78 is 0. The third-order valence-electron chi connectivity index (χ3n) is 4.90. The zero-order valence-corrected chi connectivity index (χ0v) is 14.2. The summed E-state index contributed by atoms with van der Waals surface area (Å²) in [5, 5.41) is 1.10. The van der Waals surface area contributed by atoms with Crippen LogP contribution in [0.25, 0.3) is 11.3 Å². The lowest BCUT2D eigenvalue weighted by Gasteiger charge is -2.31. The number of hydrogen-bond donors (Lipinski definition) is 1. The standard InChI is InChI=1S/C18H24N2S/c1-5-18(19,6-2)16-20-15-12-9-7-8-10-13(12)17(3,4)11-14(15)21-16/h7-10H,5-6,11,19H2,1-4H3. The monoisotopic (exact) mass is 300 g/mol. The molecule has 0 amide bonds. The fourth-order valence-electron chi connectivity index (χ4n) is 3.22. The molecule has 1 aliphatic carbocycles. The summed E-state index contributed by atoms with van der Waals surface area (Å²) in [6.07, 6.45) is 2.92. The van der Waals surface area contributed by atoms with Gasteiger partial charge in [0, 0.05) is 10.4 Å². The molecular weight excluding hydrogens is 276 g/mol. The molecule has 1 aromatic carbocycles. The maximum absolute atomic E-state index is 6.57. The average molecular weight is 300 g/mol. The molecule has 1 aromatic heterocycles. The van der Waals surface area contributed by atoms with Crippen molar-refractivity contribution in [3.63, 3.8) is 0 Å². The Kier molecular flexibility index (Phi) is 3.45. The van der Waals surface area contributed by atoms with Gasteiger partial charge in [0.2, 0.25) is 0 Å². The van der Waals surface area contributed by atoms with Crippen LogP contribution in [0.5, 0.6) is 0 Å². The molecule has 1 heterocycles. The second-order valence-corrected chi connectivity index (χ2v) is 7.84. The third kappa shape index (κ3) is 2.23. The Morgan fingerprint density at radius 1 is 1.24 bits per heavy atom. The van der Waals surface area contributed by atoms with Gasteiger partial charge < -0.3 is 5.73 Å². The highest BCUT2D eigenvalue weighted by Gasteiger charge is 2.36. The number of thiazole rings is 1. The zero-order valence-electron chi connectivity index (χ0n) is 13.4. The summed E-state index contributed by atoms with van der Waals surface area (Å²) >= 11 is 1.82. The van der Waals surface area contributed by atoms with Crippen LogP contribution in [0.15, 0.2) is 24.3 Å². The molecule has 2 N–H and O–H groups in total. The quantitative estimate of drug-likeness (QED) is 0.898. The maximum atomic E-state index is 6.57. The van der Waals surface area contributed by atoms with E-state index in [1.54, 1.807) is 0 Å². The Hall–Kier alpha value is -1.19. The van der Waals surface area contributed by atoms with Gasteiger partial charge in [0.25, 0.3) is 0 Å². The van der Waals surface area contributed by atoms with Crippen molar-refractivity contribution in [1.29, 1.82) is 0 Å². The van der Waals surface area contributed by atoms with Crippen LogP contribution in [0.1, 0.15) is 56.0 Å². The van der Waals surface area contributed by atoms with Crippen molar-refractivity contribution in [1.82, 2.24) is 4.98 Å². The Balaban J connectivity index is 2.18. The van der Waals surface area contributed by atoms with Gasteiger partial charge in [-0.25, -0.2) is 4.98 Å². The Morgan fingerprint density at radius 3 is 2.57 bits per heavy atom. The van der Waals surface area contributed by atoms with Crippen molar-refractivity contribution in [2.45, 2.75) is 57.9 Å². The van der Waals surface area contributed by atoms with Gasteiger partial charge in [0.1, 0.15) is 5.01 Å². The van der Waals surface area contributed by atoms with Crippen molar-refractivity contribution in [3.8, 4) is 11.3 Å². The first-order chi connectivity index (χ1) is 9.91. The fraction of sp³-hybridized carbons (Fsp3) is 0.500. The van der Waals surface area contributed by atoms with Gasteiger partial charge in [0.05, 0.1) is 11.2 Å². The number of aromatic nitrogens is 1. The minimum Gasteiger partial charge on any atom is -0.319 e.